The molecule has 0 heterocycles. The van der Waals surface area contributed by atoms with Crippen LogP contribution in [0.5, 0.6) is 5.75 Å². The van der Waals surface area contributed by atoms with Gasteiger partial charge in [0.2, 0.25) is 0 Å². The summed E-state index contributed by atoms with van der Waals surface area (Å²) in [5.74, 6) is -0.473. The zero-order valence-electron chi connectivity index (χ0n) is 15.8. The molecule has 1 aromatic carbocycles. The number of aromatic hydroxyl groups is 1. The van der Waals surface area contributed by atoms with E-state index < -0.39 is 5.97 Å². The Morgan fingerprint density at radius 3 is 1.79 bits per heavy atom. The van der Waals surface area contributed by atoms with Crippen molar-refractivity contribution < 1.29 is 15.0 Å². The fourth-order valence-corrected chi connectivity index (χ4v) is 3.41. The molecule has 2 rings (SSSR count). The van der Waals surface area contributed by atoms with Crippen LogP contribution in [0.1, 0.15) is 83.9 Å². The predicted molar refractivity (Wildman–Crippen MR) is 98.5 cm³/mol. The highest BCUT2D eigenvalue weighted by molar-refractivity contribution is 5.97. The summed E-state index contributed by atoms with van der Waals surface area (Å²) in [7, 11) is 0. The minimum atomic E-state index is -0.813. The number of aliphatic carboxylic acids is 1. The van der Waals surface area contributed by atoms with Gasteiger partial charge in [-0.1, -0.05) is 41.5 Å². The van der Waals surface area contributed by atoms with Crippen LogP contribution in [0.2, 0.25) is 0 Å². The van der Waals surface area contributed by atoms with Crippen LogP contribution >= 0.6 is 0 Å². The van der Waals surface area contributed by atoms with E-state index in [4.69, 9.17) is 0 Å². The lowest BCUT2D eigenvalue weighted by Gasteiger charge is -2.29. The molecule has 1 aliphatic carbocycles. The molecule has 0 aromatic heterocycles. The van der Waals surface area contributed by atoms with Crippen LogP contribution in [-0.2, 0) is 15.6 Å². The van der Waals surface area contributed by atoms with Gasteiger partial charge in [0.1, 0.15) is 5.75 Å². The van der Waals surface area contributed by atoms with Crippen molar-refractivity contribution in [1.29, 1.82) is 0 Å². The lowest BCUT2D eigenvalue weighted by atomic mass is 9.76. The molecule has 0 fully saturated rings. The molecule has 3 nitrogen and oxygen atoms in total. The maximum absolute atomic E-state index is 11.7. The zero-order valence-corrected chi connectivity index (χ0v) is 15.8. The average Bonchev–Trinajstić information content (AvgIpc) is 2.45. The third-order valence-electron chi connectivity index (χ3n) is 4.80. The summed E-state index contributed by atoms with van der Waals surface area (Å²) in [4.78, 5) is 11.7. The van der Waals surface area contributed by atoms with Gasteiger partial charge < -0.3 is 10.2 Å². The van der Waals surface area contributed by atoms with Gasteiger partial charge in [-0.25, -0.2) is 4.79 Å². The summed E-state index contributed by atoms with van der Waals surface area (Å²) in [6.07, 6.45) is 3.37. The fourth-order valence-electron chi connectivity index (χ4n) is 3.41. The van der Waals surface area contributed by atoms with Crippen molar-refractivity contribution in [3.63, 3.8) is 0 Å². The van der Waals surface area contributed by atoms with E-state index in [0.29, 0.717) is 17.7 Å². The first-order chi connectivity index (χ1) is 10.9. The molecule has 0 aliphatic heterocycles. The van der Waals surface area contributed by atoms with Crippen molar-refractivity contribution in [2.24, 2.45) is 0 Å². The molecule has 24 heavy (non-hydrogen) atoms. The summed E-state index contributed by atoms with van der Waals surface area (Å²) in [5.41, 5.74) is 3.77. The van der Waals surface area contributed by atoms with E-state index in [0.717, 1.165) is 41.5 Å². The first-order valence-electron chi connectivity index (χ1n) is 8.76. The number of phenols is 1. The molecule has 1 aromatic rings. The molecule has 0 spiro atoms. The number of carboxylic acids is 1. The van der Waals surface area contributed by atoms with Crippen LogP contribution in [-0.4, -0.2) is 16.2 Å². The minimum absolute atomic E-state index is 0.210. The maximum atomic E-state index is 11.7. The Bertz CT molecular complexity index is 647. The summed E-state index contributed by atoms with van der Waals surface area (Å²) in [6.45, 7) is 12.5. The number of hydrogen-bond acceptors (Lipinski definition) is 2. The first-order valence-corrected chi connectivity index (χ1v) is 8.76. The third-order valence-corrected chi connectivity index (χ3v) is 4.80. The summed E-state index contributed by atoms with van der Waals surface area (Å²) in [6, 6.07) is 3.99. The van der Waals surface area contributed by atoms with Crippen LogP contribution in [0.25, 0.3) is 5.57 Å². The van der Waals surface area contributed by atoms with Gasteiger partial charge in [-0.2, -0.15) is 0 Å². The Morgan fingerprint density at radius 2 is 1.38 bits per heavy atom. The summed E-state index contributed by atoms with van der Waals surface area (Å²) in [5, 5.41) is 20.4. The minimum Gasteiger partial charge on any atom is -0.507 e. The molecular formula is C21H30O3. The van der Waals surface area contributed by atoms with Crippen LogP contribution in [0.3, 0.4) is 0 Å². The van der Waals surface area contributed by atoms with Gasteiger partial charge in [0, 0.05) is 16.7 Å². The van der Waals surface area contributed by atoms with E-state index in [1.165, 1.54) is 0 Å². The molecule has 2 N–H and O–H groups in total. The summed E-state index contributed by atoms with van der Waals surface area (Å²) >= 11 is 0. The van der Waals surface area contributed by atoms with Crippen molar-refractivity contribution >= 4 is 11.5 Å². The Labute approximate surface area is 145 Å². The predicted octanol–water partition coefficient (Wildman–Crippen LogP) is 5.40. The molecule has 0 amide bonds. The molecule has 0 bridgehead atoms. The molecule has 1 aliphatic rings. The third kappa shape index (κ3) is 3.66. The number of benzene rings is 1. The number of allylic oxidation sites excluding steroid dienone is 1. The standard InChI is InChI=1S/C21H30O3/c1-20(2,3)16-11-13(12-17(18(16)22)21(4,5)6)14-9-7-8-10-15(14)19(23)24/h11-12,22H,7-10H2,1-6H3,(H,23,24). The highest BCUT2D eigenvalue weighted by atomic mass is 16.4. The smallest absolute Gasteiger partial charge is 0.331 e. The molecule has 0 saturated carbocycles. The molecule has 0 radical (unpaired) electrons. The highest BCUT2D eigenvalue weighted by Crippen LogP contribution is 2.43. The Balaban J connectivity index is 2.78. The van der Waals surface area contributed by atoms with Crippen molar-refractivity contribution in [1.82, 2.24) is 0 Å². The normalized spacial score (nSPS) is 16.4. The number of carboxylic acid groups (broad SMARTS) is 1. The molecule has 132 valence electrons. The van der Waals surface area contributed by atoms with Crippen molar-refractivity contribution in [2.75, 3.05) is 0 Å². The van der Waals surface area contributed by atoms with Gasteiger partial charge >= 0.3 is 5.97 Å². The Kier molecular flexibility index (Phi) is 4.85. The van der Waals surface area contributed by atoms with Crippen LogP contribution in [0.15, 0.2) is 17.7 Å². The molecule has 0 atom stereocenters. The topological polar surface area (TPSA) is 57.5 Å². The SMILES string of the molecule is CC(C)(C)c1cc(C2=C(C(=O)O)CCCC2)cc(C(C)(C)C)c1O. The van der Waals surface area contributed by atoms with Crippen LogP contribution < -0.4 is 0 Å². The average molecular weight is 330 g/mol. The fraction of sp³-hybridized carbons (Fsp3) is 0.571. The van der Waals surface area contributed by atoms with Crippen molar-refractivity contribution in [3.8, 4) is 5.75 Å². The maximum Gasteiger partial charge on any atom is 0.331 e. The monoisotopic (exact) mass is 330 g/mol. The van der Waals surface area contributed by atoms with Gasteiger partial charge in [0.15, 0.2) is 0 Å². The van der Waals surface area contributed by atoms with Gasteiger partial charge in [0.25, 0.3) is 0 Å². The first kappa shape index (κ1) is 18.6. The lowest BCUT2D eigenvalue weighted by molar-refractivity contribution is -0.132. The number of rotatable bonds is 2. The molecule has 0 unspecified atom stereocenters. The number of phenolic OH excluding ortho intramolecular Hbond substituents is 1. The molecule has 3 heteroatoms. The quantitative estimate of drug-likeness (QED) is 0.763. The van der Waals surface area contributed by atoms with Gasteiger partial charge in [0.05, 0.1) is 0 Å². The largest absolute Gasteiger partial charge is 0.507 e. The second-order valence-electron chi connectivity index (χ2n) is 8.89. The Morgan fingerprint density at radius 1 is 0.917 bits per heavy atom. The second-order valence-corrected chi connectivity index (χ2v) is 8.89. The van der Waals surface area contributed by atoms with Crippen LogP contribution in [0.4, 0.5) is 0 Å². The van der Waals surface area contributed by atoms with Gasteiger partial charge in [-0.15, -0.1) is 0 Å². The van der Waals surface area contributed by atoms with E-state index >= 15 is 0 Å². The molecular weight excluding hydrogens is 300 g/mol. The van der Waals surface area contributed by atoms with E-state index in [-0.39, 0.29) is 10.8 Å². The van der Waals surface area contributed by atoms with E-state index in [1.54, 1.807) is 0 Å². The molecule has 0 saturated heterocycles. The lowest BCUT2D eigenvalue weighted by Crippen LogP contribution is -2.18. The number of hydrogen-bond donors (Lipinski definition) is 2. The van der Waals surface area contributed by atoms with Crippen LogP contribution in [0, 0.1) is 0 Å². The summed E-state index contributed by atoms with van der Waals surface area (Å²) < 4.78 is 0. The highest BCUT2D eigenvalue weighted by Gasteiger charge is 2.28. The van der Waals surface area contributed by atoms with E-state index in [1.807, 2.05) is 12.1 Å². The van der Waals surface area contributed by atoms with Gasteiger partial charge in [-0.05, 0) is 59.8 Å². The van der Waals surface area contributed by atoms with Gasteiger partial charge in [-0.3, -0.25) is 0 Å². The Hall–Kier alpha value is -1.77. The number of carbonyl (C=O) groups is 1. The van der Waals surface area contributed by atoms with E-state index in [9.17, 15) is 15.0 Å². The van der Waals surface area contributed by atoms with Crippen molar-refractivity contribution in [2.45, 2.75) is 78.1 Å². The van der Waals surface area contributed by atoms with Crippen molar-refractivity contribution in [3.05, 3.63) is 34.4 Å². The second kappa shape index (κ2) is 6.27. The zero-order chi connectivity index (χ0) is 18.3. The van der Waals surface area contributed by atoms with E-state index in [2.05, 4.69) is 41.5 Å².